The fraction of sp³-hybridized carbons (Fsp3) is 0.533. The number of ketones is 1. The minimum absolute atomic E-state index is 0.0449. The predicted octanol–water partition coefficient (Wildman–Crippen LogP) is 2.44. The van der Waals surface area contributed by atoms with E-state index in [0.29, 0.717) is 12.0 Å². The Morgan fingerprint density at radius 2 is 2.10 bits per heavy atom. The molecule has 0 saturated carbocycles. The van der Waals surface area contributed by atoms with E-state index < -0.39 is 9.84 Å². The molecular formula is C15H21NO3S. The average Bonchev–Trinajstić information content (AvgIpc) is 2.44. The second kappa shape index (κ2) is 6.39. The van der Waals surface area contributed by atoms with Crippen LogP contribution in [-0.2, 0) is 16.3 Å². The molecule has 110 valence electrons. The molecule has 0 amide bonds. The van der Waals surface area contributed by atoms with E-state index in [1.54, 1.807) is 6.07 Å². The van der Waals surface area contributed by atoms with Crippen molar-refractivity contribution >= 4 is 21.3 Å². The normalized spacial score (nSPS) is 14.4. The zero-order valence-corrected chi connectivity index (χ0v) is 12.6. The number of anilines is 1. The van der Waals surface area contributed by atoms with Crippen molar-refractivity contribution in [3.05, 3.63) is 29.3 Å². The first-order valence-electron chi connectivity index (χ1n) is 7.13. The van der Waals surface area contributed by atoms with Gasteiger partial charge in [-0.05, 0) is 30.9 Å². The van der Waals surface area contributed by atoms with Gasteiger partial charge in [0.15, 0.2) is 15.6 Å². The minimum Gasteiger partial charge on any atom is -0.385 e. The van der Waals surface area contributed by atoms with E-state index in [0.717, 1.165) is 30.6 Å². The first-order valence-corrected chi connectivity index (χ1v) is 8.95. The molecule has 0 bridgehead atoms. The lowest BCUT2D eigenvalue weighted by Crippen LogP contribution is -2.18. The maximum absolute atomic E-state index is 12.3. The molecule has 0 atom stereocenters. The van der Waals surface area contributed by atoms with Crippen LogP contribution in [0.4, 0.5) is 5.69 Å². The standard InChI is InChI=1S/C15H21NO3S/c1-2-10-20(18,19)11-8-15(17)13-5-3-7-14-12(13)6-4-9-16-14/h3,5,7,16H,2,4,6,8-11H2,1H3. The van der Waals surface area contributed by atoms with Crippen molar-refractivity contribution in [2.45, 2.75) is 32.6 Å². The van der Waals surface area contributed by atoms with Gasteiger partial charge in [0.2, 0.25) is 0 Å². The zero-order valence-electron chi connectivity index (χ0n) is 11.8. The first-order chi connectivity index (χ1) is 9.53. The lowest BCUT2D eigenvalue weighted by molar-refractivity contribution is 0.0988. The summed E-state index contributed by atoms with van der Waals surface area (Å²) >= 11 is 0. The van der Waals surface area contributed by atoms with E-state index in [4.69, 9.17) is 0 Å². The Labute approximate surface area is 120 Å². The van der Waals surface area contributed by atoms with Gasteiger partial charge >= 0.3 is 0 Å². The number of benzene rings is 1. The summed E-state index contributed by atoms with van der Waals surface area (Å²) in [4.78, 5) is 12.3. The topological polar surface area (TPSA) is 63.2 Å². The highest BCUT2D eigenvalue weighted by Crippen LogP contribution is 2.26. The molecule has 0 spiro atoms. The molecule has 1 aromatic carbocycles. The SMILES string of the molecule is CCCS(=O)(=O)CCC(=O)c1cccc2c1CCCN2. The fourth-order valence-electron chi connectivity index (χ4n) is 2.57. The lowest BCUT2D eigenvalue weighted by atomic mass is 9.94. The van der Waals surface area contributed by atoms with Crippen LogP contribution < -0.4 is 5.32 Å². The maximum atomic E-state index is 12.3. The van der Waals surface area contributed by atoms with Gasteiger partial charge in [-0.15, -0.1) is 0 Å². The molecule has 4 nitrogen and oxygen atoms in total. The molecule has 20 heavy (non-hydrogen) atoms. The third-order valence-electron chi connectivity index (χ3n) is 3.55. The highest BCUT2D eigenvalue weighted by molar-refractivity contribution is 7.91. The molecule has 1 N–H and O–H groups in total. The van der Waals surface area contributed by atoms with Crippen LogP contribution in [0.2, 0.25) is 0 Å². The molecule has 5 heteroatoms. The van der Waals surface area contributed by atoms with Gasteiger partial charge in [0.25, 0.3) is 0 Å². The zero-order chi connectivity index (χ0) is 14.6. The largest absolute Gasteiger partial charge is 0.385 e. The van der Waals surface area contributed by atoms with Gasteiger partial charge in [0.1, 0.15) is 0 Å². The summed E-state index contributed by atoms with van der Waals surface area (Å²) < 4.78 is 23.4. The number of nitrogens with one attached hydrogen (secondary N) is 1. The quantitative estimate of drug-likeness (QED) is 0.819. The van der Waals surface area contributed by atoms with Crippen LogP contribution in [-0.4, -0.2) is 32.3 Å². The minimum atomic E-state index is -3.09. The van der Waals surface area contributed by atoms with Crippen molar-refractivity contribution < 1.29 is 13.2 Å². The molecule has 1 heterocycles. The Kier molecular flexibility index (Phi) is 4.81. The van der Waals surface area contributed by atoms with E-state index >= 15 is 0 Å². The molecule has 0 unspecified atom stereocenters. The average molecular weight is 295 g/mol. The number of rotatable bonds is 6. The van der Waals surface area contributed by atoms with Crippen molar-refractivity contribution in [1.82, 2.24) is 0 Å². The second-order valence-corrected chi connectivity index (χ2v) is 7.49. The van der Waals surface area contributed by atoms with Crippen molar-refractivity contribution in [3.63, 3.8) is 0 Å². The van der Waals surface area contributed by atoms with Gasteiger partial charge in [0.05, 0.1) is 5.75 Å². The number of hydrogen-bond acceptors (Lipinski definition) is 4. The third kappa shape index (κ3) is 3.60. The van der Waals surface area contributed by atoms with Crippen LogP contribution in [0.3, 0.4) is 0 Å². The van der Waals surface area contributed by atoms with Gasteiger partial charge in [-0.2, -0.15) is 0 Å². The van der Waals surface area contributed by atoms with Crippen molar-refractivity contribution in [3.8, 4) is 0 Å². The predicted molar refractivity (Wildman–Crippen MR) is 81.1 cm³/mol. The monoisotopic (exact) mass is 295 g/mol. The molecule has 0 saturated heterocycles. The Morgan fingerprint density at radius 3 is 2.85 bits per heavy atom. The van der Waals surface area contributed by atoms with Gasteiger partial charge < -0.3 is 5.32 Å². The molecule has 0 aromatic heterocycles. The van der Waals surface area contributed by atoms with E-state index in [1.165, 1.54) is 0 Å². The van der Waals surface area contributed by atoms with E-state index in [9.17, 15) is 13.2 Å². The molecule has 0 fully saturated rings. The highest BCUT2D eigenvalue weighted by atomic mass is 32.2. The van der Waals surface area contributed by atoms with E-state index in [1.807, 2.05) is 19.1 Å². The number of Topliss-reactive ketones (excluding diaryl/α,β-unsaturated/α-hetero) is 1. The van der Waals surface area contributed by atoms with Crippen molar-refractivity contribution in [2.24, 2.45) is 0 Å². The van der Waals surface area contributed by atoms with E-state index in [-0.39, 0.29) is 23.7 Å². The number of sulfone groups is 1. The van der Waals surface area contributed by atoms with Crippen molar-refractivity contribution in [1.29, 1.82) is 0 Å². The molecule has 1 aliphatic rings. The van der Waals surface area contributed by atoms with Gasteiger partial charge in [-0.25, -0.2) is 8.42 Å². The molecular weight excluding hydrogens is 274 g/mol. The summed E-state index contributed by atoms with van der Waals surface area (Å²) in [5.41, 5.74) is 2.73. The van der Waals surface area contributed by atoms with E-state index in [2.05, 4.69) is 5.32 Å². The molecule has 0 radical (unpaired) electrons. The molecule has 2 rings (SSSR count). The molecule has 1 aliphatic heterocycles. The Bertz CT molecular complexity index is 593. The smallest absolute Gasteiger partial charge is 0.164 e. The van der Waals surface area contributed by atoms with Crippen LogP contribution >= 0.6 is 0 Å². The van der Waals surface area contributed by atoms with Crippen LogP contribution in [0.25, 0.3) is 0 Å². The summed E-state index contributed by atoms with van der Waals surface area (Å²) in [5.74, 6) is 0.0520. The number of fused-ring (bicyclic) bond motifs is 1. The summed E-state index contributed by atoms with van der Waals surface area (Å²) in [6.45, 7) is 2.76. The Balaban J connectivity index is 2.10. The van der Waals surface area contributed by atoms with Crippen LogP contribution in [0.15, 0.2) is 18.2 Å². The summed E-state index contributed by atoms with van der Waals surface area (Å²) in [7, 11) is -3.09. The summed E-state index contributed by atoms with van der Waals surface area (Å²) in [6, 6.07) is 5.63. The molecule has 1 aromatic rings. The first kappa shape index (κ1) is 15.0. The van der Waals surface area contributed by atoms with Crippen LogP contribution in [0.5, 0.6) is 0 Å². The van der Waals surface area contributed by atoms with Gasteiger partial charge in [-0.1, -0.05) is 19.1 Å². The lowest BCUT2D eigenvalue weighted by Gasteiger charge is -2.20. The fourth-order valence-corrected chi connectivity index (χ4v) is 3.89. The van der Waals surface area contributed by atoms with Gasteiger partial charge in [0, 0.05) is 30.0 Å². The second-order valence-electron chi connectivity index (χ2n) is 5.19. The Hall–Kier alpha value is -1.36. The number of carbonyl (C=O) groups is 1. The highest BCUT2D eigenvalue weighted by Gasteiger charge is 2.19. The summed E-state index contributed by atoms with van der Waals surface area (Å²) in [5, 5.41) is 3.28. The maximum Gasteiger partial charge on any atom is 0.164 e. The van der Waals surface area contributed by atoms with Gasteiger partial charge in [-0.3, -0.25) is 4.79 Å². The third-order valence-corrected chi connectivity index (χ3v) is 5.41. The van der Waals surface area contributed by atoms with Crippen LogP contribution in [0, 0.1) is 0 Å². The Morgan fingerprint density at radius 1 is 1.30 bits per heavy atom. The van der Waals surface area contributed by atoms with Crippen molar-refractivity contribution in [2.75, 3.05) is 23.4 Å². The molecule has 0 aliphatic carbocycles. The number of carbonyl (C=O) groups excluding carboxylic acids is 1. The van der Waals surface area contributed by atoms with Crippen LogP contribution in [0.1, 0.15) is 42.1 Å². The number of hydrogen-bond donors (Lipinski definition) is 1. The summed E-state index contributed by atoms with van der Waals surface area (Å²) in [6.07, 6.45) is 2.57.